The van der Waals surface area contributed by atoms with Crippen molar-refractivity contribution in [1.82, 2.24) is 15.0 Å². The van der Waals surface area contributed by atoms with Gasteiger partial charge in [-0.1, -0.05) is 41.6 Å². The molecule has 0 atom stereocenters. The molecule has 0 aliphatic carbocycles. The summed E-state index contributed by atoms with van der Waals surface area (Å²) in [6.07, 6.45) is 1.62. The zero-order valence-corrected chi connectivity index (χ0v) is 15.2. The summed E-state index contributed by atoms with van der Waals surface area (Å²) in [7, 11) is 1.60. The SMILES string of the molecule is COc1cccc(C(=O)N2CCC(c3nc(-c4ccccc4)no3)CC2)c1. The Balaban J connectivity index is 1.40. The van der Waals surface area contributed by atoms with Gasteiger partial charge in [0.2, 0.25) is 11.7 Å². The lowest BCUT2D eigenvalue weighted by Gasteiger charge is -2.30. The molecule has 27 heavy (non-hydrogen) atoms. The van der Waals surface area contributed by atoms with Crippen LogP contribution in [0.2, 0.25) is 0 Å². The van der Waals surface area contributed by atoms with Crippen LogP contribution < -0.4 is 4.74 Å². The van der Waals surface area contributed by atoms with Crippen molar-refractivity contribution in [3.8, 4) is 17.1 Å². The van der Waals surface area contributed by atoms with Crippen LogP contribution in [0.1, 0.15) is 35.0 Å². The zero-order chi connectivity index (χ0) is 18.6. The highest BCUT2D eigenvalue weighted by Gasteiger charge is 2.28. The van der Waals surface area contributed by atoms with E-state index in [2.05, 4.69) is 10.1 Å². The van der Waals surface area contributed by atoms with E-state index in [1.165, 1.54) is 0 Å². The van der Waals surface area contributed by atoms with Gasteiger partial charge >= 0.3 is 0 Å². The van der Waals surface area contributed by atoms with Crippen molar-refractivity contribution in [2.24, 2.45) is 0 Å². The molecule has 1 aliphatic heterocycles. The van der Waals surface area contributed by atoms with E-state index in [0.29, 0.717) is 36.1 Å². The van der Waals surface area contributed by atoms with Crippen molar-refractivity contribution in [1.29, 1.82) is 0 Å². The average molecular weight is 363 g/mol. The predicted octanol–water partition coefficient (Wildman–Crippen LogP) is 3.77. The summed E-state index contributed by atoms with van der Waals surface area (Å²) in [5.74, 6) is 2.17. The van der Waals surface area contributed by atoms with Crippen LogP contribution in [0.4, 0.5) is 0 Å². The number of carbonyl (C=O) groups is 1. The molecule has 1 saturated heterocycles. The Morgan fingerprint density at radius 1 is 1.11 bits per heavy atom. The molecule has 1 fully saturated rings. The Kier molecular flexibility index (Phi) is 4.87. The Morgan fingerprint density at radius 3 is 2.63 bits per heavy atom. The predicted molar refractivity (Wildman–Crippen MR) is 101 cm³/mol. The number of methoxy groups -OCH3 is 1. The Hall–Kier alpha value is -3.15. The number of carbonyl (C=O) groups excluding carboxylic acids is 1. The highest BCUT2D eigenvalue weighted by atomic mass is 16.5. The summed E-state index contributed by atoms with van der Waals surface area (Å²) in [6, 6.07) is 17.1. The van der Waals surface area contributed by atoms with Crippen molar-refractivity contribution in [3.63, 3.8) is 0 Å². The van der Waals surface area contributed by atoms with Crippen LogP contribution in [0.15, 0.2) is 59.1 Å². The third kappa shape index (κ3) is 3.69. The van der Waals surface area contributed by atoms with Crippen molar-refractivity contribution < 1.29 is 14.1 Å². The van der Waals surface area contributed by atoms with E-state index in [4.69, 9.17) is 9.26 Å². The van der Waals surface area contributed by atoms with E-state index in [-0.39, 0.29) is 11.8 Å². The number of hydrogen-bond donors (Lipinski definition) is 0. The minimum atomic E-state index is 0.0304. The monoisotopic (exact) mass is 363 g/mol. The van der Waals surface area contributed by atoms with Crippen molar-refractivity contribution >= 4 is 5.91 Å². The lowest BCUT2D eigenvalue weighted by Crippen LogP contribution is -2.38. The number of amides is 1. The molecular formula is C21H21N3O3. The number of piperidine rings is 1. The summed E-state index contributed by atoms with van der Waals surface area (Å²) >= 11 is 0. The largest absolute Gasteiger partial charge is 0.497 e. The zero-order valence-electron chi connectivity index (χ0n) is 15.2. The van der Waals surface area contributed by atoms with Crippen molar-refractivity contribution in [2.75, 3.05) is 20.2 Å². The number of ether oxygens (including phenoxy) is 1. The molecule has 0 saturated carbocycles. The molecule has 2 aromatic carbocycles. The summed E-state index contributed by atoms with van der Waals surface area (Å²) in [6.45, 7) is 1.34. The van der Waals surface area contributed by atoms with Gasteiger partial charge in [0.25, 0.3) is 5.91 Å². The first-order valence-electron chi connectivity index (χ1n) is 9.07. The number of likely N-dealkylation sites (tertiary alicyclic amines) is 1. The third-order valence-electron chi connectivity index (χ3n) is 4.92. The van der Waals surface area contributed by atoms with Gasteiger partial charge in [0.1, 0.15) is 5.75 Å². The lowest BCUT2D eigenvalue weighted by atomic mass is 9.96. The minimum absolute atomic E-state index is 0.0304. The van der Waals surface area contributed by atoms with Crippen LogP contribution in [0, 0.1) is 0 Å². The highest BCUT2D eigenvalue weighted by Crippen LogP contribution is 2.29. The second kappa shape index (κ2) is 7.61. The van der Waals surface area contributed by atoms with Gasteiger partial charge in [-0.3, -0.25) is 4.79 Å². The molecule has 1 aliphatic rings. The molecule has 138 valence electrons. The molecule has 1 amide bonds. The summed E-state index contributed by atoms with van der Waals surface area (Å²) in [4.78, 5) is 19.2. The molecule has 4 rings (SSSR count). The molecule has 2 heterocycles. The number of benzene rings is 2. The number of hydrogen-bond acceptors (Lipinski definition) is 5. The number of aromatic nitrogens is 2. The summed E-state index contributed by atoms with van der Waals surface area (Å²) < 4.78 is 10.7. The quantitative estimate of drug-likeness (QED) is 0.706. The lowest BCUT2D eigenvalue weighted by molar-refractivity contribution is 0.0704. The van der Waals surface area contributed by atoms with E-state index in [1.54, 1.807) is 13.2 Å². The van der Waals surface area contributed by atoms with Crippen LogP contribution >= 0.6 is 0 Å². The van der Waals surface area contributed by atoms with E-state index < -0.39 is 0 Å². The molecule has 0 radical (unpaired) electrons. The fraction of sp³-hybridized carbons (Fsp3) is 0.286. The van der Waals surface area contributed by atoms with Gasteiger partial charge in [0.15, 0.2) is 0 Å². The summed E-state index contributed by atoms with van der Waals surface area (Å²) in [5, 5.41) is 4.10. The van der Waals surface area contributed by atoms with Gasteiger partial charge in [-0.05, 0) is 31.0 Å². The molecule has 3 aromatic rings. The summed E-state index contributed by atoms with van der Waals surface area (Å²) in [5.41, 5.74) is 1.59. The average Bonchev–Trinajstić information content (AvgIpc) is 3.24. The molecule has 0 unspecified atom stereocenters. The molecule has 6 nitrogen and oxygen atoms in total. The standard InChI is InChI=1S/C21H21N3O3/c1-26-18-9-5-8-17(14-18)21(25)24-12-10-16(11-13-24)20-22-19(23-27-20)15-6-3-2-4-7-15/h2-9,14,16H,10-13H2,1H3. The fourth-order valence-electron chi connectivity index (χ4n) is 3.37. The maximum absolute atomic E-state index is 12.7. The van der Waals surface area contributed by atoms with Gasteiger partial charge in [-0.15, -0.1) is 0 Å². The van der Waals surface area contributed by atoms with Crippen LogP contribution in [0.3, 0.4) is 0 Å². The van der Waals surface area contributed by atoms with Crippen molar-refractivity contribution in [3.05, 3.63) is 66.1 Å². The Morgan fingerprint density at radius 2 is 1.89 bits per heavy atom. The fourth-order valence-corrected chi connectivity index (χ4v) is 3.37. The van der Waals surface area contributed by atoms with Crippen LogP contribution in [-0.4, -0.2) is 41.1 Å². The van der Waals surface area contributed by atoms with Crippen molar-refractivity contribution in [2.45, 2.75) is 18.8 Å². The first-order valence-corrected chi connectivity index (χ1v) is 9.07. The first-order chi connectivity index (χ1) is 13.2. The Labute approximate surface area is 157 Å². The molecule has 6 heteroatoms. The van der Waals surface area contributed by atoms with E-state index in [1.807, 2.05) is 53.4 Å². The molecule has 0 bridgehead atoms. The molecule has 1 aromatic heterocycles. The maximum Gasteiger partial charge on any atom is 0.253 e. The first kappa shape index (κ1) is 17.3. The topological polar surface area (TPSA) is 68.5 Å². The van der Waals surface area contributed by atoms with Crippen LogP contribution in [0.5, 0.6) is 5.75 Å². The normalized spacial score (nSPS) is 14.9. The smallest absolute Gasteiger partial charge is 0.253 e. The molecule has 0 N–H and O–H groups in total. The van der Waals surface area contributed by atoms with E-state index >= 15 is 0 Å². The van der Waals surface area contributed by atoms with Crippen LogP contribution in [0.25, 0.3) is 11.4 Å². The van der Waals surface area contributed by atoms with Gasteiger partial charge < -0.3 is 14.2 Å². The van der Waals surface area contributed by atoms with E-state index in [9.17, 15) is 4.79 Å². The van der Waals surface area contributed by atoms with E-state index in [0.717, 1.165) is 18.4 Å². The minimum Gasteiger partial charge on any atom is -0.497 e. The van der Waals surface area contributed by atoms with Gasteiger partial charge in [0.05, 0.1) is 7.11 Å². The molecular weight excluding hydrogens is 342 g/mol. The van der Waals surface area contributed by atoms with Gasteiger partial charge in [-0.25, -0.2) is 0 Å². The number of nitrogens with zero attached hydrogens (tertiary/aromatic N) is 3. The maximum atomic E-state index is 12.7. The molecule has 0 spiro atoms. The van der Waals surface area contributed by atoms with Gasteiger partial charge in [-0.2, -0.15) is 4.98 Å². The second-order valence-electron chi connectivity index (χ2n) is 6.62. The van der Waals surface area contributed by atoms with Gasteiger partial charge in [0, 0.05) is 30.1 Å². The second-order valence-corrected chi connectivity index (χ2v) is 6.62. The Bertz CT molecular complexity index is 915. The number of rotatable bonds is 4. The highest BCUT2D eigenvalue weighted by molar-refractivity contribution is 5.94. The third-order valence-corrected chi connectivity index (χ3v) is 4.92. The van der Waals surface area contributed by atoms with Crippen LogP contribution in [-0.2, 0) is 0 Å².